The minimum Gasteiger partial charge on any atom is -0.317 e. The van der Waals surface area contributed by atoms with E-state index in [0.717, 1.165) is 22.6 Å². The lowest BCUT2D eigenvalue weighted by molar-refractivity contribution is 0.182. The molecule has 3 aromatic rings. The van der Waals surface area contributed by atoms with Gasteiger partial charge in [-0.25, -0.2) is 14.2 Å². The second-order valence-electron chi connectivity index (χ2n) is 6.32. The van der Waals surface area contributed by atoms with E-state index in [4.69, 9.17) is 5.26 Å². The average molecular weight is 382 g/mol. The fourth-order valence-electron chi connectivity index (χ4n) is 3.16. The first-order valence-corrected chi connectivity index (χ1v) is 9.23. The zero-order valence-electron chi connectivity index (χ0n) is 14.4. The van der Waals surface area contributed by atoms with Crippen LogP contribution in [0.25, 0.3) is 11.4 Å². The van der Waals surface area contributed by atoms with Gasteiger partial charge >= 0.3 is 6.03 Å². The third-order valence-corrected chi connectivity index (χ3v) is 5.18. The third-order valence-electron chi connectivity index (χ3n) is 4.59. The Hall–Kier alpha value is -3.25. The Bertz CT molecular complexity index is 1040. The molecule has 0 saturated carbocycles. The molecule has 0 spiro atoms. The summed E-state index contributed by atoms with van der Waals surface area (Å²) in [5.41, 5.74) is 5.53. The molecule has 1 aliphatic rings. The summed E-state index contributed by atoms with van der Waals surface area (Å²) in [5.74, 6) is -0.613. The fourth-order valence-corrected chi connectivity index (χ4v) is 3.70. The van der Waals surface area contributed by atoms with E-state index in [9.17, 15) is 9.18 Å². The SMILES string of the molecule is CC1Cc2n[nH]c(-c3cscn3)c2CN1C(=O)Nc1ccc(F)c(C#N)c1. The zero-order chi connectivity index (χ0) is 19.0. The second-order valence-corrected chi connectivity index (χ2v) is 7.03. The number of hydrogen-bond donors (Lipinski definition) is 2. The molecule has 27 heavy (non-hydrogen) atoms. The summed E-state index contributed by atoms with van der Waals surface area (Å²) >= 11 is 1.49. The fraction of sp³-hybridized carbons (Fsp3) is 0.222. The van der Waals surface area contributed by atoms with Gasteiger partial charge in [0.05, 0.1) is 34.7 Å². The number of anilines is 1. The van der Waals surface area contributed by atoms with Crippen LogP contribution < -0.4 is 5.32 Å². The molecular weight excluding hydrogens is 367 g/mol. The first-order chi connectivity index (χ1) is 13.1. The van der Waals surface area contributed by atoms with Gasteiger partial charge < -0.3 is 10.2 Å². The Labute approximate surface area is 158 Å². The number of carbonyl (C=O) groups is 1. The molecule has 1 aliphatic heterocycles. The van der Waals surface area contributed by atoms with Gasteiger partial charge in [0.15, 0.2) is 0 Å². The van der Waals surface area contributed by atoms with Crippen molar-refractivity contribution in [3.8, 4) is 17.5 Å². The predicted molar refractivity (Wildman–Crippen MR) is 98.5 cm³/mol. The lowest BCUT2D eigenvalue weighted by Gasteiger charge is -2.33. The molecule has 1 unspecified atom stereocenters. The summed E-state index contributed by atoms with van der Waals surface area (Å²) in [6, 6.07) is 5.34. The number of H-pyrrole nitrogens is 1. The van der Waals surface area contributed by atoms with Gasteiger partial charge in [-0.1, -0.05) is 0 Å². The van der Waals surface area contributed by atoms with Gasteiger partial charge in [-0.2, -0.15) is 10.4 Å². The van der Waals surface area contributed by atoms with Gasteiger partial charge in [-0.15, -0.1) is 11.3 Å². The molecule has 0 bridgehead atoms. The van der Waals surface area contributed by atoms with Crippen LogP contribution in [0.1, 0.15) is 23.7 Å². The zero-order valence-corrected chi connectivity index (χ0v) is 15.2. The Morgan fingerprint density at radius 1 is 1.52 bits per heavy atom. The molecule has 2 N–H and O–H groups in total. The van der Waals surface area contributed by atoms with E-state index in [1.165, 1.54) is 29.5 Å². The normalized spacial score (nSPS) is 15.9. The number of benzene rings is 1. The molecule has 1 aromatic carbocycles. The minimum atomic E-state index is -0.613. The third kappa shape index (κ3) is 3.15. The molecule has 9 heteroatoms. The van der Waals surface area contributed by atoms with Gasteiger partial charge in [0.2, 0.25) is 0 Å². The number of fused-ring (bicyclic) bond motifs is 1. The van der Waals surface area contributed by atoms with Crippen molar-refractivity contribution in [2.75, 3.05) is 5.32 Å². The van der Waals surface area contributed by atoms with Crippen molar-refractivity contribution in [2.24, 2.45) is 0 Å². The number of rotatable bonds is 2. The van der Waals surface area contributed by atoms with Crippen molar-refractivity contribution in [2.45, 2.75) is 25.9 Å². The van der Waals surface area contributed by atoms with E-state index >= 15 is 0 Å². The van der Waals surface area contributed by atoms with Crippen molar-refractivity contribution in [3.63, 3.8) is 0 Å². The molecule has 136 valence electrons. The van der Waals surface area contributed by atoms with Crippen LogP contribution in [-0.2, 0) is 13.0 Å². The highest BCUT2D eigenvalue weighted by Crippen LogP contribution is 2.30. The van der Waals surface area contributed by atoms with Gasteiger partial charge in [-0.05, 0) is 25.1 Å². The van der Waals surface area contributed by atoms with Crippen LogP contribution in [0.2, 0.25) is 0 Å². The number of urea groups is 1. The van der Waals surface area contributed by atoms with E-state index in [0.29, 0.717) is 18.7 Å². The number of nitrogens with one attached hydrogen (secondary N) is 2. The van der Waals surface area contributed by atoms with Crippen LogP contribution in [0.15, 0.2) is 29.1 Å². The number of halogens is 1. The molecule has 0 radical (unpaired) electrons. The summed E-state index contributed by atoms with van der Waals surface area (Å²) in [6.45, 7) is 2.34. The monoisotopic (exact) mass is 382 g/mol. The van der Waals surface area contributed by atoms with Crippen LogP contribution >= 0.6 is 11.3 Å². The predicted octanol–water partition coefficient (Wildman–Crippen LogP) is 3.52. The lowest BCUT2D eigenvalue weighted by atomic mass is 9.99. The van der Waals surface area contributed by atoms with Crippen molar-refractivity contribution in [1.29, 1.82) is 5.26 Å². The number of aromatic nitrogens is 3. The Balaban J connectivity index is 1.57. The van der Waals surface area contributed by atoms with Crippen LogP contribution in [0, 0.1) is 17.1 Å². The number of thiazole rings is 1. The minimum absolute atomic E-state index is 0.0556. The Morgan fingerprint density at radius 3 is 3.11 bits per heavy atom. The Morgan fingerprint density at radius 2 is 2.37 bits per heavy atom. The quantitative estimate of drug-likeness (QED) is 0.708. The molecule has 0 aliphatic carbocycles. The molecule has 7 nitrogen and oxygen atoms in total. The average Bonchev–Trinajstić information content (AvgIpc) is 3.31. The highest BCUT2D eigenvalue weighted by Gasteiger charge is 2.31. The number of carbonyl (C=O) groups excluding carboxylic acids is 1. The largest absolute Gasteiger partial charge is 0.322 e. The van der Waals surface area contributed by atoms with E-state index in [-0.39, 0.29) is 17.6 Å². The molecule has 0 saturated heterocycles. The molecule has 2 amide bonds. The summed E-state index contributed by atoms with van der Waals surface area (Å²) in [6.07, 6.45) is 0.621. The molecule has 1 atom stereocenters. The van der Waals surface area contributed by atoms with Crippen molar-refractivity contribution < 1.29 is 9.18 Å². The number of nitriles is 1. The maximum absolute atomic E-state index is 13.5. The molecule has 0 fully saturated rings. The molecule has 4 rings (SSSR count). The Kier molecular flexibility index (Phi) is 4.33. The van der Waals surface area contributed by atoms with E-state index in [2.05, 4.69) is 20.5 Å². The summed E-state index contributed by atoms with van der Waals surface area (Å²) in [4.78, 5) is 18.8. The molecular formula is C18H15FN6OS. The number of aromatic amines is 1. The van der Waals surface area contributed by atoms with Crippen LogP contribution in [0.3, 0.4) is 0 Å². The highest BCUT2D eigenvalue weighted by molar-refractivity contribution is 7.07. The second kappa shape index (κ2) is 6.81. The first-order valence-electron chi connectivity index (χ1n) is 8.28. The van der Waals surface area contributed by atoms with Crippen molar-refractivity contribution >= 4 is 23.1 Å². The topological polar surface area (TPSA) is 97.7 Å². The van der Waals surface area contributed by atoms with Crippen LogP contribution in [0.5, 0.6) is 0 Å². The van der Waals surface area contributed by atoms with E-state index in [1.807, 2.05) is 12.3 Å². The summed E-state index contributed by atoms with van der Waals surface area (Å²) in [5, 5.41) is 21.0. The summed E-state index contributed by atoms with van der Waals surface area (Å²) < 4.78 is 13.5. The maximum Gasteiger partial charge on any atom is 0.322 e. The van der Waals surface area contributed by atoms with Crippen molar-refractivity contribution in [3.05, 3.63) is 51.7 Å². The number of nitrogens with zero attached hydrogens (tertiary/aromatic N) is 4. The van der Waals surface area contributed by atoms with E-state index in [1.54, 1.807) is 16.5 Å². The van der Waals surface area contributed by atoms with Crippen LogP contribution in [0.4, 0.5) is 14.9 Å². The summed E-state index contributed by atoms with van der Waals surface area (Å²) in [7, 11) is 0. The first kappa shape index (κ1) is 17.2. The van der Waals surface area contributed by atoms with Crippen molar-refractivity contribution in [1.82, 2.24) is 20.1 Å². The molecule has 2 aromatic heterocycles. The highest BCUT2D eigenvalue weighted by atomic mass is 32.1. The van der Waals surface area contributed by atoms with E-state index < -0.39 is 5.82 Å². The number of amides is 2. The van der Waals surface area contributed by atoms with Gasteiger partial charge in [0, 0.05) is 29.1 Å². The molecule has 3 heterocycles. The van der Waals surface area contributed by atoms with Gasteiger partial charge in [0.25, 0.3) is 0 Å². The standard InChI is InChI=1S/C18H15FN6OS/c1-10-4-15-13(17(24-23-15)16-8-27-9-21-16)7-25(10)18(26)22-12-2-3-14(19)11(5-12)6-20/h2-3,5,8-10H,4,7H2,1H3,(H,22,26)(H,23,24). The maximum atomic E-state index is 13.5. The van der Waals surface area contributed by atoms with Gasteiger partial charge in [-0.3, -0.25) is 5.10 Å². The van der Waals surface area contributed by atoms with Crippen LogP contribution in [-0.4, -0.2) is 32.2 Å². The smallest absolute Gasteiger partial charge is 0.317 e. The number of hydrogen-bond acceptors (Lipinski definition) is 5. The van der Waals surface area contributed by atoms with Gasteiger partial charge in [0.1, 0.15) is 11.9 Å². The lowest BCUT2D eigenvalue weighted by Crippen LogP contribution is -2.44.